The highest BCUT2D eigenvalue weighted by Crippen LogP contribution is 2.32. The zero-order chi connectivity index (χ0) is 14.7. The van der Waals surface area contributed by atoms with E-state index in [9.17, 15) is 4.39 Å². The number of allylic oxidation sites excluding steroid dienone is 4. The van der Waals surface area contributed by atoms with Gasteiger partial charge < -0.3 is 0 Å². The van der Waals surface area contributed by atoms with Crippen molar-refractivity contribution in [1.29, 1.82) is 0 Å². The van der Waals surface area contributed by atoms with Crippen molar-refractivity contribution in [2.45, 2.75) is 59.3 Å². The van der Waals surface area contributed by atoms with Crippen LogP contribution in [0.4, 0.5) is 4.39 Å². The Hall–Kier alpha value is -1.37. The smallest absolute Gasteiger partial charge is 0.123 e. The molecular formula is C19H25F. The van der Waals surface area contributed by atoms with Crippen LogP contribution in [0.2, 0.25) is 0 Å². The highest BCUT2D eigenvalue weighted by atomic mass is 19.1. The first kappa shape index (κ1) is 15.0. The maximum Gasteiger partial charge on any atom is 0.123 e. The molecule has 0 aliphatic heterocycles. The van der Waals surface area contributed by atoms with E-state index in [4.69, 9.17) is 0 Å². The summed E-state index contributed by atoms with van der Waals surface area (Å²) in [7, 11) is 0. The third-order valence-corrected chi connectivity index (χ3v) is 4.53. The van der Waals surface area contributed by atoms with Gasteiger partial charge in [-0.25, -0.2) is 4.39 Å². The van der Waals surface area contributed by atoms with Gasteiger partial charge >= 0.3 is 0 Å². The summed E-state index contributed by atoms with van der Waals surface area (Å²) < 4.78 is 13.6. The summed E-state index contributed by atoms with van der Waals surface area (Å²) in [6.07, 6.45) is 7.09. The lowest BCUT2D eigenvalue weighted by Gasteiger charge is -2.20. The van der Waals surface area contributed by atoms with Gasteiger partial charge in [0.05, 0.1) is 0 Å². The van der Waals surface area contributed by atoms with Crippen LogP contribution in [0.15, 0.2) is 35.4 Å². The monoisotopic (exact) mass is 272 g/mol. The van der Waals surface area contributed by atoms with E-state index in [1.165, 1.54) is 36.0 Å². The van der Waals surface area contributed by atoms with Crippen molar-refractivity contribution in [3.63, 3.8) is 0 Å². The molecule has 0 aromatic heterocycles. The Labute approximate surface area is 122 Å². The maximum absolute atomic E-state index is 13.6. The molecule has 0 amide bonds. The lowest BCUT2D eigenvalue weighted by atomic mass is 9.86. The standard InChI is InChI=1S/C19H25F/c1-5-13(2)18-10-9-17(20)12-19(18)15(4)11-14(3)16-7-6-8-16/h9-13H,5-8H2,1-4H3/b15-11-. The number of hydrogen-bond donors (Lipinski definition) is 0. The minimum Gasteiger partial charge on any atom is -0.207 e. The van der Waals surface area contributed by atoms with Crippen molar-refractivity contribution in [2.24, 2.45) is 0 Å². The van der Waals surface area contributed by atoms with Crippen LogP contribution in [-0.4, -0.2) is 0 Å². The molecule has 0 N–H and O–H groups in total. The molecule has 1 atom stereocenters. The molecule has 1 aliphatic rings. The van der Waals surface area contributed by atoms with Gasteiger partial charge in [0.25, 0.3) is 0 Å². The Morgan fingerprint density at radius 2 is 2.00 bits per heavy atom. The fraction of sp³-hybridized carbons (Fsp3) is 0.474. The van der Waals surface area contributed by atoms with Gasteiger partial charge in [-0.05, 0) is 74.3 Å². The normalized spacial score (nSPS) is 16.9. The Morgan fingerprint density at radius 1 is 1.30 bits per heavy atom. The first-order valence-electron chi connectivity index (χ1n) is 7.69. The molecule has 0 bridgehead atoms. The lowest BCUT2D eigenvalue weighted by molar-refractivity contribution is 0.624. The van der Waals surface area contributed by atoms with E-state index in [1.807, 2.05) is 6.07 Å². The van der Waals surface area contributed by atoms with Crippen molar-refractivity contribution < 1.29 is 4.39 Å². The first-order chi connectivity index (χ1) is 9.52. The molecule has 1 fully saturated rings. The maximum atomic E-state index is 13.6. The molecule has 1 aliphatic carbocycles. The molecule has 0 spiro atoms. The van der Waals surface area contributed by atoms with Crippen LogP contribution in [-0.2, 0) is 0 Å². The second kappa shape index (κ2) is 6.39. The third-order valence-electron chi connectivity index (χ3n) is 4.53. The molecule has 0 saturated heterocycles. The summed E-state index contributed by atoms with van der Waals surface area (Å²) >= 11 is 0. The first-order valence-corrected chi connectivity index (χ1v) is 7.69. The fourth-order valence-corrected chi connectivity index (χ4v) is 2.77. The van der Waals surface area contributed by atoms with Crippen molar-refractivity contribution in [2.75, 3.05) is 0 Å². The van der Waals surface area contributed by atoms with Crippen LogP contribution in [0.3, 0.4) is 0 Å². The number of benzene rings is 1. The molecule has 1 saturated carbocycles. The van der Waals surface area contributed by atoms with Gasteiger partial charge in [-0.1, -0.05) is 37.1 Å². The largest absolute Gasteiger partial charge is 0.207 e. The van der Waals surface area contributed by atoms with Gasteiger partial charge in [-0.15, -0.1) is 0 Å². The topological polar surface area (TPSA) is 0 Å². The minimum atomic E-state index is -0.145. The molecule has 20 heavy (non-hydrogen) atoms. The molecular weight excluding hydrogens is 247 g/mol. The predicted octanol–water partition coefficient (Wildman–Crippen LogP) is 6.24. The Morgan fingerprint density at radius 3 is 2.55 bits per heavy atom. The summed E-state index contributed by atoms with van der Waals surface area (Å²) in [6, 6.07) is 5.21. The van der Waals surface area contributed by atoms with Crippen LogP contribution in [0.1, 0.15) is 70.4 Å². The van der Waals surface area contributed by atoms with E-state index in [1.54, 1.807) is 17.7 Å². The zero-order valence-corrected chi connectivity index (χ0v) is 13.1. The summed E-state index contributed by atoms with van der Waals surface area (Å²) in [5.74, 6) is 0.319. The second-order valence-electron chi connectivity index (χ2n) is 6.01. The Kier molecular flexibility index (Phi) is 4.80. The van der Waals surface area contributed by atoms with Crippen LogP contribution < -0.4 is 0 Å². The molecule has 108 valence electrons. The third kappa shape index (κ3) is 3.20. The molecule has 1 heteroatoms. The van der Waals surface area contributed by atoms with E-state index in [0.717, 1.165) is 12.0 Å². The second-order valence-corrected chi connectivity index (χ2v) is 6.01. The van der Waals surface area contributed by atoms with E-state index in [0.29, 0.717) is 5.92 Å². The average Bonchev–Trinajstić information content (AvgIpc) is 2.35. The molecule has 1 aromatic rings. The molecule has 2 rings (SSSR count). The molecule has 1 aromatic carbocycles. The Bertz CT molecular complexity index is 543. The molecule has 0 heterocycles. The van der Waals surface area contributed by atoms with Crippen LogP contribution in [0.25, 0.3) is 5.57 Å². The van der Waals surface area contributed by atoms with E-state index in [-0.39, 0.29) is 5.82 Å². The molecule has 1 unspecified atom stereocenters. The quantitative estimate of drug-likeness (QED) is 0.608. The average molecular weight is 272 g/mol. The van der Waals surface area contributed by atoms with Gasteiger partial charge in [0.1, 0.15) is 5.82 Å². The van der Waals surface area contributed by atoms with Crippen LogP contribution >= 0.6 is 0 Å². The van der Waals surface area contributed by atoms with Crippen molar-refractivity contribution >= 4 is 5.57 Å². The number of hydrogen-bond acceptors (Lipinski definition) is 0. The summed E-state index contributed by atoms with van der Waals surface area (Å²) in [5.41, 5.74) is 6.43. The van der Waals surface area contributed by atoms with E-state index in [2.05, 4.69) is 33.8 Å². The van der Waals surface area contributed by atoms with Gasteiger partial charge in [0.2, 0.25) is 0 Å². The lowest BCUT2D eigenvalue weighted by Crippen LogP contribution is -2.01. The highest BCUT2D eigenvalue weighted by molar-refractivity contribution is 5.69. The van der Waals surface area contributed by atoms with Gasteiger partial charge in [0.15, 0.2) is 0 Å². The van der Waals surface area contributed by atoms with Crippen LogP contribution in [0, 0.1) is 5.82 Å². The van der Waals surface area contributed by atoms with Crippen LogP contribution in [0.5, 0.6) is 0 Å². The molecule has 0 nitrogen and oxygen atoms in total. The van der Waals surface area contributed by atoms with Crippen molar-refractivity contribution in [1.82, 2.24) is 0 Å². The zero-order valence-electron chi connectivity index (χ0n) is 13.1. The van der Waals surface area contributed by atoms with Gasteiger partial charge in [-0.3, -0.25) is 0 Å². The Balaban J connectivity index is 2.40. The highest BCUT2D eigenvalue weighted by Gasteiger charge is 2.13. The fourth-order valence-electron chi connectivity index (χ4n) is 2.77. The van der Waals surface area contributed by atoms with E-state index >= 15 is 0 Å². The predicted molar refractivity (Wildman–Crippen MR) is 85.3 cm³/mol. The van der Waals surface area contributed by atoms with Crippen molar-refractivity contribution in [3.8, 4) is 0 Å². The summed E-state index contributed by atoms with van der Waals surface area (Å²) in [5, 5.41) is 0. The van der Waals surface area contributed by atoms with E-state index < -0.39 is 0 Å². The van der Waals surface area contributed by atoms with Gasteiger partial charge in [0, 0.05) is 0 Å². The number of rotatable bonds is 4. The van der Waals surface area contributed by atoms with Crippen molar-refractivity contribution in [3.05, 3.63) is 52.4 Å². The molecule has 0 radical (unpaired) electrons. The summed E-state index contributed by atoms with van der Waals surface area (Å²) in [4.78, 5) is 0. The number of halogens is 1. The summed E-state index contributed by atoms with van der Waals surface area (Å²) in [6.45, 7) is 8.67. The SMILES string of the molecule is CCC(C)c1ccc(F)cc1/C(C)=C\C(C)=C1CCC1. The minimum absolute atomic E-state index is 0.145. The van der Waals surface area contributed by atoms with Gasteiger partial charge in [-0.2, -0.15) is 0 Å².